The van der Waals surface area contributed by atoms with Crippen LogP contribution < -0.4 is 4.72 Å². The van der Waals surface area contributed by atoms with Gasteiger partial charge in [-0.3, -0.25) is 0 Å². The van der Waals surface area contributed by atoms with Crippen molar-refractivity contribution in [2.24, 2.45) is 0 Å². The van der Waals surface area contributed by atoms with Crippen LogP contribution in [0.25, 0.3) is 11.0 Å². The summed E-state index contributed by atoms with van der Waals surface area (Å²) in [6.07, 6.45) is 1.28. The van der Waals surface area contributed by atoms with E-state index in [0.717, 1.165) is 11.3 Å². The average Bonchev–Trinajstić information content (AvgIpc) is 3.26. The summed E-state index contributed by atoms with van der Waals surface area (Å²) >= 11 is 0. The molecule has 0 bridgehead atoms. The van der Waals surface area contributed by atoms with Gasteiger partial charge in [0.2, 0.25) is 15.8 Å². The highest BCUT2D eigenvalue weighted by molar-refractivity contribution is 7.89. The van der Waals surface area contributed by atoms with Crippen LogP contribution in [0, 0.1) is 6.92 Å². The van der Waals surface area contributed by atoms with Crippen LogP contribution in [-0.2, 0) is 34.1 Å². The molecule has 1 aromatic carbocycles. The third-order valence-electron chi connectivity index (χ3n) is 4.72. The second kappa shape index (κ2) is 8.38. The summed E-state index contributed by atoms with van der Waals surface area (Å²) in [4.78, 5) is 12.1. The number of carbonyl (C=O) groups is 1. The molecule has 156 valence electrons. The number of aromatic nitrogens is 1. The molecule has 0 atom stereocenters. The highest BCUT2D eigenvalue weighted by atomic mass is 32.2. The van der Waals surface area contributed by atoms with Gasteiger partial charge in [0.05, 0.1) is 17.2 Å². The summed E-state index contributed by atoms with van der Waals surface area (Å²) in [5.74, 6) is 0.175. The molecule has 29 heavy (non-hydrogen) atoms. The predicted molar refractivity (Wildman–Crippen MR) is 106 cm³/mol. The molecule has 0 aliphatic carbocycles. The summed E-state index contributed by atoms with van der Waals surface area (Å²) < 4.78 is 44.1. The van der Waals surface area contributed by atoms with Gasteiger partial charge < -0.3 is 13.7 Å². The van der Waals surface area contributed by atoms with E-state index in [0.29, 0.717) is 35.1 Å². The number of nitrogens with zero attached hydrogens (tertiary/aromatic N) is 1. The van der Waals surface area contributed by atoms with Gasteiger partial charge in [0, 0.05) is 29.5 Å². The second-order valence-electron chi connectivity index (χ2n) is 6.50. The Balaban J connectivity index is 1.90. The molecule has 1 N–H and O–H groups in total. The number of esters is 1. The molecule has 2 heterocycles. The molecule has 0 aliphatic heterocycles. The van der Waals surface area contributed by atoms with Gasteiger partial charge in [-0.1, -0.05) is 19.0 Å². The smallest absolute Gasteiger partial charge is 0.374 e. The maximum absolute atomic E-state index is 12.8. The van der Waals surface area contributed by atoms with Crippen molar-refractivity contribution >= 4 is 27.0 Å². The van der Waals surface area contributed by atoms with Gasteiger partial charge in [-0.15, -0.1) is 0 Å². The van der Waals surface area contributed by atoms with E-state index in [1.165, 1.54) is 18.2 Å². The molecular formula is C20H24N2O6S. The first kappa shape index (κ1) is 21.1. The van der Waals surface area contributed by atoms with E-state index in [1.54, 1.807) is 13.8 Å². The van der Waals surface area contributed by atoms with E-state index in [9.17, 15) is 13.2 Å². The molecular weight excluding hydrogens is 396 g/mol. The zero-order valence-electron chi connectivity index (χ0n) is 16.9. The molecule has 9 heteroatoms. The minimum Gasteiger partial charge on any atom is -0.460 e. The van der Waals surface area contributed by atoms with Crippen LogP contribution in [0.3, 0.4) is 0 Å². The normalized spacial score (nSPS) is 11.9. The van der Waals surface area contributed by atoms with Crippen LogP contribution in [0.5, 0.6) is 0 Å². The minimum atomic E-state index is -3.79. The lowest BCUT2D eigenvalue weighted by Gasteiger charge is -2.07. The molecule has 0 aliphatic rings. The Kier molecular flexibility index (Phi) is 6.09. The summed E-state index contributed by atoms with van der Waals surface area (Å²) in [7, 11) is -3.79. The number of rotatable bonds is 8. The first-order valence-corrected chi connectivity index (χ1v) is 11.0. The van der Waals surface area contributed by atoms with Gasteiger partial charge in [-0.25, -0.2) is 17.9 Å². The van der Waals surface area contributed by atoms with Crippen molar-refractivity contribution in [2.45, 2.75) is 52.0 Å². The number of hydrogen-bond acceptors (Lipinski definition) is 7. The number of carbonyl (C=O) groups excluding carboxylic acids is 1. The fourth-order valence-electron chi connectivity index (χ4n) is 3.15. The van der Waals surface area contributed by atoms with E-state index in [4.69, 9.17) is 13.7 Å². The largest absolute Gasteiger partial charge is 0.460 e. The first-order valence-electron chi connectivity index (χ1n) is 9.48. The van der Waals surface area contributed by atoms with Crippen molar-refractivity contribution in [3.05, 3.63) is 46.5 Å². The van der Waals surface area contributed by atoms with E-state index >= 15 is 0 Å². The van der Waals surface area contributed by atoms with E-state index in [2.05, 4.69) is 9.88 Å². The third-order valence-corrected chi connectivity index (χ3v) is 6.12. The highest BCUT2D eigenvalue weighted by Crippen LogP contribution is 2.28. The predicted octanol–water partition coefficient (Wildman–Crippen LogP) is 3.51. The lowest BCUT2D eigenvalue weighted by Crippen LogP contribution is -2.24. The number of benzene rings is 1. The Labute approximate surface area is 169 Å². The quantitative estimate of drug-likeness (QED) is 0.555. The summed E-state index contributed by atoms with van der Waals surface area (Å²) in [6, 6.07) is 4.47. The number of fused-ring (bicyclic) bond motifs is 1. The molecule has 0 saturated heterocycles. The molecule has 3 rings (SSSR count). The fourth-order valence-corrected chi connectivity index (χ4v) is 4.17. The zero-order valence-corrected chi connectivity index (χ0v) is 17.7. The molecule has 8 nitrogen and oxygen atoms in total. The van der Waals surface area contributed by atoms with Gasteiger partial charge in [0.15, 0.2) is 0 Å². The summed E-state index contributed by atoms with van der Waals surface area (Å²) in [5.41, 5.74) is 2.47. The standard InChI is InChI=1S/C20H24N2O6S/c1-5-16-15(17(6-2)28-22-16)11-21-29(24,25)13-8-9-18-14(10-13)12(4)19(27-18)20(23)26-7-3/h8-10,21H,5-7,11H2,1-4H3. The fraction of sp³-hybridized carbons (Fsp3) is 0.400. The van der Waals surface area contributed by atoms with Gasteiger partial charge in [0.1, 0.15) is 11.3 Å². The maximum Gasteiger partial charge on any atom is 0.374 e. The maximum atomic E-state index is 12.8. The lowest BCUT2D eigenvalue weighted by atomic mass is 10.1. The number of nitrogens with one attached hydrogen (secondary N) is 1. The molecule has 2 aromatic heterocycles. The van der Waals surface area contributed by atoms with Crippen molar-refractivity contribution in [2.75, 3.05) is 6.61 Å². The number of aryl methyl sites for hydroxylation is 3. The molecule has 0 fully saturated rings. The summed E-state index contributed by atoms with van der Waals surface area (Å²) in [6.45, 7) is 7.58. The van der Waals surface area contributed by atoms with Crippen molar-refractivity contribution < 1.29 is 26.9 Å². The van der Waals surface area contributed by atoms with E-state index in [-0.39, 0.29) is 23.8 Å². The van der Waals surface area contributed by atoms with Crippen LogP contribution in [0.2, 0.25) is 0 Å². The van der Waals surface area contributed by atoms with Crippen LogP contribution in [0.4, 0.5) is 0 Å². The molecule has 0 saturated carbocycles. The van der Waals surface area contributed by atoms with Crippen molar-refractivity contribution in [1.82, 2.24) is 9.88 Å². The molecule has 0 radical (unpaired) electrons. The van der Waals surface area contributed by atoms with Crippen LogP contribution in [-0.4, -0.2) is 26.2 Å². The van der Waals surface area contributed by atoms with Gasteiger partial charge >= 0.3 is 5.97 Å². The SMILES string of the molecule is CCOC(=O)c1oc2ccc(S(=O)(=O)NCc3c(CC)noc3CC)cc2c1C. The van der Waals surface area contributed by atoms with Crippen molar-refractivity contribution in [1.29, 1.82) is 0 Å². The van der Waals surface area contributed by atoms with Crippen LogP contribution in [0.1, 0.15) is 53.9 Å². The Morgan fingerprint density at radius 1 is 1.21 bits per heavy atom. The van der Waals surface area contributed by atoms with Gasteiger partial charge in [-0.05, 0) is 38.5 Å². The molecule has 0 unspecified atom stereocenters. The number of hydrogen-bond donors (Lipinski definition) is 1. The second-order valence-corrected chi connectivity index (χ2v) is 8.26. The molecule has 3 aromatic rings. The average molecular weight is 420 g/mol. The van der Waals surface area contributed by atoms with Crippen molar-refractivity contribution in [3.63, 3.8) is 0 Å². The summed E-state index contributed by atoms with van der Waals surface area (Å²) in [5, 5.41) is 4.55. The Hall–Kier alpha value is -2.65. The van der Waals surface area contributed by atoms with Gasteiger partial charge in [-0.2, -0.15) is 0 Å². The topological polar surface area (TPSA) is 112 Å². The van der Waals surface area contributed by atoms with Gasteiger partial charge in [0.25, 0.3) is 0 Å². The lowest BCUT2D eigenvalue weighted by molar-refractivity contribution is 0.0491. The zero-order chi connectivity index (χ0) is 21.2. The number of sulfonamides is 1. The minimum absolute atomic E-state index is 0.0778. The van der Waals surface area contributed by atoms with Crippen molar-refractivity contribution in [3.8, 4) is 0 Å². The van der Waals surface area contributed by atoms with E-state index < -0.39 is 16.0 Å². The number of ether oxygens (including phenoxy) is 1. The monoisotopic (exact) mass is 420 g/mol. The Morgan fingerprint density at radius 2 is 1.97 bits per heavy atom. The van der Waals surface area contributed by atoms with Crippen LogP contribution in [0.15, 0.2) is 32.0 Å². The Bertz CT molecular complexity index is 1120. The Morgan fingerprint density at radius 3 is 2.62 bits per heavy atom. The molecule has 0 spiro atoms. The molecule has 0 amide bonds. The highest BCUT2D eigenvalue weighted by Gasteiger charge is 2.22. The third kappa shape index (κ3) is 4.06. The van der Waals surface area contributed by atoms with E-state index in [1.807, 2.05) is 13.8 Å². The van der Waals surface area contributed by atoms with Crippen LogP contribution >= 0.6 is 0 Å². The number of furan rings is 1. The first-order chi connectivity index (χ1) is 13.8.